The van der Waals surface area contributed by atoms with Gasteiger partial charge in [-0.2, -0.15) is 31.4 Å². The van der Waals surface area contributed by atoms with Crippen LogP contribution in [-0.2, 0) is 23.9 Å². The average Bonchev–Trinajstić information content (AvgIpc) is 2.84. The normalized spacial score (nSPS) is 13.5. The minimum absolute atomic E-state index is 0.0261. The van der Waals surface area contributed by atoms with E-state index in [-0.39, 0.29) is 30.0 Å². The van der Waals surface area contributed by atoms with Crippen LogP contribution in [0.4, 0.5) is 32.0 Å². The highest BCUT2D eigenvalue weighted by Crippen LogP contribution is 2.38. The third kappa shape index (κ3) is 7.95. The fourth-order valence-corrected chi connectivity index (χ4v) is 3.89. The predicted molar refractivity (Wildman–Crippen MR) is 132 cm³/mol. The maximum Gasteiger partial charge on any atom is 0.435 e. The van der Waals surface area contributed by atoms with Gasteiger partial charge < -0.3 is 10.4 Å². The van der Waals surface area contributed by atoms with Crippen molar-refractivity contribution in [3.63, 3.8) is 0 Å². The van der Waals surface area contributed by atoms with Crippen LogP contribution in [0, 0.1) is 5.92 Å². The Bertz CT molecular complexity index is 1380. The number of aliphatic hydroxyl groups is 1. The van der Waals surface area contributed by atoms with Gasteiger partial charge in [-0.15, -0.1) is 0 Å². The van der Waals surface area contributed by atoms with E-state index in [2.05, 4.69) is 17.0 Å². The second-order valence-electron chi connectivity index (χ2n) is 9.02. The van der Waals surface area contributed by atoms with Crippen molar-refractivity contribution in [2.75, 3.05) is 5.32 Å². The first-order valence-corrected chi connectivity index (χ1v) is 11.7. The van der Waals surface area contributed by atoms with E-state index in [1.54, 1.807) is 18.2 Å². The molecule has 0 aliphatic rings. The summed E-state index contributed by atoms with van der Waals surface area (Å²) in [7, 11) is 0. The number of rotatable bonds is 9. The molecule has 0 radical (unpaired) electrons. The van der Waals surface area contributed by atoms with Crippen LogP contribution in [0.15, 0.2) is 77.8 Å². The van der Waals surface area contributed by atoms with Crippen molar-refractivity contribution >= 4 is 11.6 Å². The van der Waals surface area contributed by atoms with E-state index in [0.29, 0.717) is 22.7 Å². The first-order chi connectivity index (χ1) is 18.1. The Labute approximate surface area is 219 Å². The van der Waals surface area contributed by atoms with Gasteiger partial charge >= 0.3 is 12.4 Å². The van der Waals surface area contributed by atoms with Gasteiger partial charge in [-0.3, -0.25) is 9.59 Å². The van der Waals surface area contributed by atoms with Gasteiger partial charge in [-0.1, -0.05) is 49.9 Å². The molecule has 0 saturated carbocycles. The van der Waals surface area contributed by atoms with E-state index in [9.17, 15) is 41.0 Å². The Morgan fingerprint density at radius 1 is 1.03 bits per heavy atom. The van der Waals surface area contributed by atoms with Gasteiger partial charge in [0.1, 0.15) is 0 Å². The molecule has 0 bridgehead atoms. The van der Waals surface area contributed by atoms with Gasteiger partial charge in [-0.05, 0) is 41.3 Å². The topological polar surface area (TPSA) is 84.2 Å². The number of hydrogen-bond donors (Lipinski definition) is 2. The molecule has 6 nitrogen and oxygen atoms in total. The molecule has 1 heterocycles. The number of benzene rings is 2. The van der Waals surface area contributed by atoms with Crippen LogP contribution in [-0.4, -0.2) is 27.0 Å². The summed E-state index contributed by atoms with van der Waals surface area (Å²) in [4.78, 5) is 25.1. The molecule has 0 aliphatic carbocycles. The first kappa shape index (κ1) is 29.5. The van der Waals surface area contributed by atoms with E-state index >= 15 is 0 Å². The maximum atomic E-state index is 13.7. The summed E-state index contributed by atoms with van der Waals surface area (Å²) < 4.78 is 80.6. The molecule has 3 rings (SSSR count). The van der Waals surface area contributed by atoms with Gasteiger partial charge in [0, 0.05) is 18.2 Å². The third-order valence-corrected chi connectivity index (χ3v) is 6.02. The van der Waals surface area contributed by atoms with E-state index in [1.165, 1.54) is 30.3 Å². The van der Waals surface area contributed by atoms with Gasteiger partial charge in [0.15, 0.2) is 5.69 Å². The van der Waals surface area contributed by atoms with Crippen molar-refractivity contribution in [3.05, 3.63) is 106 Å². The lowest BCUT2D eigenvalue weighted by atomic mass is 9.85. The van der Waals surface area contributed by atoms with Crippen molar-refractivity contribution in [2.45, 2.75) is 44.6 Å². The molecule has 2 atom stereocenters. The lowest BCUT2D eigenvalue weighted by molar-refractivity contribution is -0.178. The maximum absolute atomic E-state index is 13.7. The molecule has 0 fully saturated rings. The van der Waals surface area contributed by atoms with Crippen molar-refractivity contribution in [1.82, 2.24) is 9.78 Å². The predicted octanol–water partition coefficient (Wildman–Crippen LogP) is 6.24. The van der Waals surface area contributed by atoms with Crippen LogP contribution in [0.5, 0.6) is 0 Å². The van der Waals surface area contributed by atoms with Gasteiger partial charge in [0.25, 0.3) is 5.56 Å². The molecule has 0 spiro atoms. The molecule has 0 aliphatic heterocycles. The number of aryl methyl sites for hydroxylation is 1. The minimum Gasteiger partial charge on any atom is -0.513 e. The first-order valence-electron chi connectivity index (χ1n) is 11.7. The molecule has 39 heavy (non-hydrogen) atoms. The fraction of sp³-hybridized carbons (Fsp3) is 0.296. The molecule has 3 aromatic rings. The lowest BCUT2D eigenvalue weighted by Crippen LogP contribution is -2.34. The summed E-state index contributed by atoms with van der Waals surface area (Å²) >= 11 is 0. The largest absolute Gasteiger partial charge is 0.513 e. The highest BCUT2D eigenvalue weighted by molar-refractivity contribution is 5.96. The number of aliphatic hydroxyl groups excluding tert-OH is 1. The number of alkyl halides is 6. The number of allylic oxidation sites excluding steroid dienone is 1. The van der Waals surface area contributed by atoms with Crippen LogP contribution >= 0.6 is 0 Å². The molecular weight excluding hydrogens is 528 g/mol. The highest BCUT2D eigenvalue weighted by Gasteiger charge is 2.45. The second kappa shape index (κ2) is 11.7. The lowest BCUT2D eigenvalue weighted by Gasteiger charge is -2.26. The van der Waals surface area contributed by atoms with Crippen LogP contribution in [0.25, 0.3) is 0 Å². The van der Waals surface area contributed by atoms with Crippen molar-refractivity contribution in [1.29, 1.82) is 0 Å². The number of nitrogens with zero attached hydrogens (tertiary/aromatic N) is 2. The third-order valence-electron chi connectivity index (χ3n) is 6.02. The Balaban J connectivity index is 1.86. The molecule has 0 saturated heterocycles. The van der Waals surface area contributed by atoms with Crippen LogP contribution in [0.3, 0.4) is 0 Å². The summed E-state index contributed by atoms with van der Waals surface area (Å²) in [5.41, 5.74) is -0.735. The van der Waals surface area contributed by atoms with E-state index < -0.39 is 41.3 Å². The number of nitrogens with one attached hydrogen (secondary N) is 1. The van der Waals surface area contributed by atoms with Crippen LogP contribution in [0.2, 0.25) is 0 Å². The molecule has 12 heteroatoms. The molecule has 2 aromatic carbocycles. The SMILES string of the molecule is C=C(O)CCc1cccc(NC(=O)C(c2ccc(Cn3nc(C(F)(F)F)ccc3=O)cc2)C(C)C(F)(F)F)c1. The molecule has 2 unspecified atom stereocenters. The summed E-state index contributed by atoms with van der Waals surface area (Å²) in [5.74, 6) is -4.65. The van der Waals surface area contributed by atoms with Crippen LogP contribution in [0.1, 0.15) is 41.6 Å². The standard InChI is InChI=1S/C27H25F6N3O3/c1-16(37)6-7-18-4-3-5-21(14-18)34-25(39)24(17(2)26(28,29)30)20-10-8-19(9-11-20)15-36-23(38)13-12-22(35-36)27(31,32)33/h3-5,8-14,17,24,37H,1,6-7,15H2,2H3,(H,34,39). The second-order valence-corrected chi connectivity index (χ2v) is 9.02. The van der Waals surface area contributed by atoms with Gasteiger partial charge in [-0.25, -0.2) is 4.68 Å². The zero-order valence-electron chi connectivity index (χ0n) is 20.7. The Morgan fingerprint density at radius 2 is 1.69 bits per heavy atom. The molecule has 208 valence electrons. The number of aromatic nitrogens is 2. The summed E-state index contributed by atoms with van der Waals surface area (Å²) in [5, 5.41) is 15.1. The monoisotopic (exact) mass is 553 g/mol. The summed E-state index contributed by atoms with van der Waals surface area (Å²) in [6.45, 7) is 3.92. The van der Waals surface area contributed by atoms with Crippen molar-refractivity contribution < 1.29 is 36.2 Å². The Morgan fingerprint density at radius 3 is 2.28 bits per heavy atom. The van der Waals surface area contributed by atoms with E-state index in [4.69, 9.17) is 0 Å². The van der Waals surface area contributed by atoms with Gasteiger partial charge in [0.05, 0.1) is 24.1 Å². The minimum atomic E-state index is -4.76. The van der Waals surface area contributed by atoms with E-state index in [0.717, 1.165) is 18.6 Å². The number of anilines is 1. The quantitative estimate of drug-likeness (QED) is 0.243. The average molecular weight is 554 g/mol. The van der Waals surface area contributed by atoms with Crippen LogP contribution < -0.4 is 10.9 Å². The zero-order valence-corrected chi connectivity index (χ0v) is 20.7. The number of halogens is 6. The van der Waals surface area contributed by atoms with E-state index in [1.807, 2.05) is 0 Å². The summed E-state index contributed by atoms with van der Waals surface area (Å²) in [6.07, 6.45) is -8.79. The Hall–Kier alpha value is -4.09. The highest BCUT2D eigenvalue weighted by atomic mass is 19.4. The fourth-order valence-electron chi connectivity index (χ4n) is 3.89. The number of carbonyl (C=O) groups is 1. The zero-order chi connectivity index (χ0) is 29.0. The molecular formula is C27H25F6N3O3. The van der Waals surface area contributed by atoms with Crippen molar-refractivity contribution in [2.24, 2.45) is 5.92 Å². The number of amides is 1. The number of carbonyl (C=O) groups excluding carboxylic acids is 1. The molecule has 2 N–H and O–H groups in total. The molecule has 1 amide bonds. The smallest absolute Gasteiger partial charge is 0.435 e. The summed E-state index contributed by atoms with van der Waals surface area (Å²) in [6, 6.07) is 12.9. The van der Waals surface area contributed by atoms with Crippen molar-refractivity contribution in [3.8, 4) is 0 Å². The Kier molecular flexibility index (Phi) is 8.88. The number of hydrogen-bond acceptors (Lipinski definition) is 4. The van der Waals surface area contributed by atoms with Gasteiger partial charge in [0.2, 0.25) is 5.91 Å². The molecule has 1 aromatic heterocycles.